The molecule has 3 rings (SSSR count). The first kappa shape index (κ1) is 10.7. The van der Waals surface area contributed by atoms with E-state index in [9.17, 15) is 5.11 Å². The highest BCUT2D eigenvalue weighted by molar-refractivity contribution is 5.87. The van der Waals surface area contributed by atoms with Gasteiger partial charge in [-0.1, -0.05) is 12.1 Å². The van der Waals surface area contributed by atoms with Gasteiger partial charge in [0.05, 0.1) is 12.8 Å². The molecule has 2 N–H and O–H groups in total. The van der Waals surface area contributed by atoms with Crippen LogP contribution in [0.25, 0.3) is 22.2 Å². The smallest absolute Gasteiger partial charge is 0.124 e. The number of fused-ring (bicyclic) bond motifs is 1. The second kappa shape index (κ2) is 4.11. The van der Waals surface area contributed by atoms with Crippen molar-refractivity contribution in [2.75, 3.05) is 7.11 Å². The monoisotopic (exact) mass is 239 g/mol. The van der Waals surface area contributed by atoms with Gasteiger partial charge in [-0.15, -0.1) is 0 Å². The Morgan fingerprint density at radius 2 is 1.89 bits per heavy atom. The molecule has 0 aliphatic heterocycles. The van der Waals surface area contributed by atoms with Crippen LogP contribution in [0.4, 0.5) is 0 Å². The van der Waals surface area contributed by atoms with E-state index >= 15 is 0 Å². The van der Waals surface area contributed by atoms with Gasteiger partial charge in [-0.2, -0.15) is 0 Å². The zero-order valence-electron chi connectivity index (χ0n) is 9.97. The molecule has 0 bridgehead atoms. The minimum absolute atomic E-state index is 0.274. The van der Waals surface area contributed by atoms with E-state index in [0.717, 1.165) is 27.9 Å². The number of aromatic amines is 1. The molecule has 0 saturated carbocycles. The molecule has 0 atom stereocenters. The lowest BCUT2D eigenvalue weighted by atomic mass is 10.1. The van der Waals surface area contributed by atoms with Crippen molar-refractivity contribution in [2.45, 2.75) is 0 Å². The van der Waals surface area contributed by atoms with E-state index in [1.54, 1.807) is 13.2 Å². The van der Waals surface area contributed by atoms with Crippen molar-refractivity contribution in [3.8, 4) is 22.8 Å². The molecule has 0 spiro atoms. The van der Waals surface area contributed by atoms with Crippen LogP contribution in [-0.2, 0) is 0 Å². The van der Waals surface area contributed by atoms with Gasteiger partial charge in [0.2, 0.25) is 0 Å². The van der Waals surface area contributed by atoms with E-state index in [2.05, 4.69) is 4.98 Å². The summed E-state index contributed by atoms with van der Waals surface area (Å²) in [5.74, 6) is 1.10. The van der Waals surface area contributed by atoms with Crippen LogP contribution in [0.2, 0.25) is 0 Å². The molecule has 1 heterocycles. The summed E-state index contributed by atoms with van der Waals surface area (Å²) >= 11 is 0. The highest BCUT2D eigenvalue weighted by Crippen LogP contribution is 2.31. The van der Waals surface area contributed by atoms with Crippen LogP contribution in [0.5, 0.6) is 11.5 Å². The average molecular weight is 239 g/mol. The summed E-state index contributed by atoms with van der Waals surface area (Å²) in [4.78, 5) is 3.29. The van der Waals surface area contributed by atoms with E-state index in [-0.39, 0.29) is 5.75 Å². The maximum absolute atomic E-state index is 9.85. The first-order chi connectivity index (χ1) is 8.78. The van der Waals surface area contributed by atoms with Gasteiger partial charge in [-0.3, -0.25) is 0 Å². The standard InChI is InChI=1S/C15H13NO2/c1-18-11-6-7-13-10(8-11)9-14(16-13)12-4-2-3-5-15(12)17/h2-9,16-17H,1H3. The molecule has 0 radical (unpaired) electrons. The van der Waals surface area contributed by atoms with Crippen molar-refractivity contribution in [3.63, 3.8) is 0 Å². The Morgan fingerprint density at radius 3 is 2.67 bits per heavy atom. The van der Waals surface area contributed by atoms with Crippen LogP contribution >= 0.6 is 0 Å². The van der Waals surface area contributed by atoms with Crippen LogP contribution in [0, 0.1) is 0 Å². The number of ether oxygens (including phenoxy) is 1. The maximum Gasteiger partial charge on any atom is 0.124 e. The number of hydrogen-bond donors (Lipinski definition) is 2. The van der Waals surface area contributed by atoms with Crippen LogP contribution in [-0.4, -0.2) is 17.2 Å². The summed E-state index contributed by atoms with van der Waals surface area (Å²) in [6.45, 7) is 0. The van der Waals surface area contributed by atoms with Crippen LogP contribution < -0.4 is 4.74 Å². The Kier molecular flexibility index (Phi) is 2.45. The van der Waals surface area contributed by atoms with E-state index in [0.29, 0.717) is 0 Å². The molecule has 0 fully saturated rings. The molecule has 3 aromatic rings. The highest BCUT2D eigenvalue weighted by Gasteiger charge is 2.07. The quantitative estimate of drug-likeness (QED) is 0.718. The van der Waals surface area contributed by atoms with Crippen molar-refractivity contribution in [2.24, 2.45) is 0 Å². The summed E-state index contributed by atoms with van der Waals surface area (Å²) < 4.78 is 5.20. The SMILES string of the molecule is COc1ccc2[nH]c(-c3ccccc3O)cc2c1. The van der Waals surface area contributed by atoms with Crippen molar-refractivity contribution in [1.82, 2.24) is 4.98 Å². The molecule has 3 nitrogen and oxygen atoms in total. The number of hydrogen-bond acceptors (Lipinski definition) is 2. The van der Waals surface area contributed by atoms with Gasteiger partial charge in [0, 0.05) is 16.5 Å². The van der Waals surface area contributed by atoms with Gasteiger partial charge in [-0.05, 0) is 36.4 Å². The third kappa shape index (κ3) is 1.70. The Balaban J connectivity index is 2.17. The number of phenolic OH excluding ortho intramolecular Hbond substituents is 1. The summed E-state index contributed by atoms with van der Waals surface area (Å²) in [5.41, 5.74) is 2.72. The Labute approximate surface area is 105 Å². The Morgan fingerprint density at radius 1 is 1.06 bits per heavy atom. The zero-order chi connectivity index (χ0) is 12.5. The number of phenols is 1. The van der Waals surface area contributed by atoms with E-state index in [4.69, 9.17) is 4.74 Å². The molecule has 3 heteroatoms. The molecule has 0 aliphatic rings. The van der Waals surface area contributed by atoms with Crippen molar-refractivity contribution >= 4 is 10.9 Å². The molecule has 1 aromatic heterocycles. The number of methoxy groups -OCH3 is 1. The highest BCUT2D eigenvalue weighted by atomic mass is 16.5. The summed E-state index contributed by atoms with van der Waals surface area (Å²) in [6.07, 6.45) is 0. The Hall–Kier alpha value is -2.42. The fraction of sp³-hybridized carbons (Fsp3) is 0.0667. The van der Waals surface area contributed by atoms with Gasteiger partial charge in [-0.25, -0.2) is 0 Å². The fourth-order valence-corrected chi connectivity index (χ4v) is 2.08. The number of nitrogens with one attached hydrogen (secondary N) is 1. The second-order valence-corrected chi connectivity index (χ2v) is 4.15. The first-order valence-corrected chi connectivity index (χ1v) is 5.73. The predicted molar refractivity (Wildman–Crippen MR) is 72.0 cm³/mol. The average Bonchev–Trinajstić information content (AvgIpc) is 2.81. The molecule has 0 amide bonds. The number of aromatic nitrogens is 1. The van der Waals surface area contributed by atoms with E-state index in [1.807, 2.05) is 42.5 Å². The maximum atomic E-state index is 9.85. The van der Waals surface area contributed by atoms with Gasteiger partial charge < -0.3 is 14.8 Å². The van der Waals surface area contributed by atoms with Crippen molar-refractivity contribution in [3.05, 3.63) is 48.5 Å². The predicted octanol–water partition coefficient (Wildman–Crippen LogP) is 3.55. The van der Waals surface area contributed by atoms with E-state index < -0.39 is 0 Å². The second-order valence-electron chi connectivity index (χ2n) is 4.15. The van der Waals surface area contributed by atoms with Gasteiger partial charge in [0.1, 0.15) is 11.5 Å². The minimum atomic E-state index is 0.274. The zero-order valence-corrected chi connectivity index (χ0v) is 9.97. The minimum Gasteiger partial charge on any atom is -0.507 e. The molecule has 0 aliphatic carbocycles. The summed E-state index contributed by atoms with van der Waals surface area (Å²) in [5, 5.41) is 10.9. The topological polar surface area (TPSA) is 45.2 Å². The molecule has 0 unspecified atom stereocenters. The van der Waals surface area contributed by atoms with Gasteiger partial charge >= 0.3 is 0 Å². The number of benzene rings is 2. The van der Waals surface area contributed by atoms with Gasteiger partial charge in [0.15, 0.2) is 0 Å². The van der Waals surface area contributed by atoms with Crippen molar-refractivity contribution < 1.29 is 9.84 Å². The molecule has 90 valence electrons. The number of para-hydroxylation sites is 1. The van der Waals surface area contributed by atoms with Gasteiger partial charge in [0.25, 0.3) is 0 Å². The molecule has 2 aromatic carbocycles. The lowest BCUT2D eigenvalue weighted by molar-refractivity contribution is 0.415. The largest absolute Gasteiger partial charge is 0.507 e. The fourth-order valence-electron chi connectivity index (χ4n) is 2.08. The number of aromatic hydroxyl groups is 1. The van der Waals surface area contributed by atoms with Crippen LogP contribution in [0.3, 0.4) is 0 Å². The molecular formula is C15H13NO2. The Bertz CT molecular complexity index is 701. The normalized spacial score (nSPS) is 10.7. The third-order valence-electron chi connectivity index (χ3n) is 3.02. The first-order valence-electron chi connectivity index (χ1n) is 5.73. The molecule has 0 saturated heterocycles. The third-order valence-corrected chi connectivity index (χ3v) is 3.02. The van der Waals surface area contributed by atoms with Crippen LogP contribution in [0.1, 0.15) is 0 Å². The molecular weight excluding hydrogens is 226 g/mol. The van der Waals surface area contributed by atoms with Crippen LogP contribution in [0.15, 0.2) is 48.5 Å². The molecule has 18 heavy (non-hydrogen) atoms. The summed E-state index contributed by atoms with van der Waals surface area (Å²) in [6, 6.07) is 15.1. The van der Waals surface area contributed by atoms with E-state index in [1.165, 1.54) is 0 Å². The lowest BCUT2D eigenvalue weighted by Gasteiger charge is -2.00. The number of H-pyrrole nitrogens is 1. The number of rotatable bonds is 2. The summed E-state index contributed by atoms with van der Waals surface area (Å²) in [7, 11) is 1.65. The lowest BCUT2D eigenvalue weighted by Crippen LogP contribution is -1.80. The van der Waals surface area contributed by atoms with Crippen molar-refractivity contribution in [1.29, 1.82) is 0 Å².